The highest BCUT2D eigenvalue weighted by molar-refractivity contribution is 6.36. The average molecular weight is 317 g/mol. The minimum Gasteiger partial charge on any atom is -0.354 e. The number of anilines is 2. The lowest BCUT2D eigenvalue weighted by Crippen LogP contribution is -1.96. The first-order valence-corrected chi connectivity index (χ1v) is 7.40. The van der Waals surface area contributed by atoms with Gasteiger partial charge in [0.05, 0.1) is 16.2 Å². The lowest BCUT2D eigenvalue weighted by atomic mass is 10.1. The number of para-hydroxylation sites is 1. The number of nitrogens with one attached hydrogen (secondary N) is 1. The molecule has 0 radical (unpaired) electrons. The van der Waals surface area contributed by atoms with Crippen molar-refractivity contribution in [2.45, 2.75) is 13.8 Å². The maximum atomic E-state index is 6.44. The van der Waals surface area contributed by atoms with Gasteiger partial charge in [-0.3, -0.25) is 4.98 Å². The molecule has 0 unspecified atom stereocenters. The highest BCUT2D eigenvalue weighted by atomic mass is 35.5. The first kappa shape index (κ1) is 14.2. The van der Waals surface area contributed by atoms with Gasteiger partial charge in [-0.05, 0) is 43.7 Å². The van der Waals surface area contributed by atoms with E-state index in [1.54, 1.807) is 0 Å². The number of nitrogens with zero attached hydrogens (tertiary/aromatic N) is 1. The second-order valence-corrected chi connectivity index (χ2v) is 5.79. The lowest BCUT2D eigenvalue weighted by Gasteiger charge is -2.12. The third-order valence-corrected chi connectivity index (χ3v) is 4.25. The highest BCUT2D eigenvalue weighted by Crippen LogP contribution is 2.33. The Morgan fingerprint density at radius 2 is 1.76 bits per heavy atom. The summed E-state index contributed by atoms with van der Waals surface area (Å²) in [6, 6.07) is 13.5. The maximum absolute atomic E-state index is 6.44. The highest BCUT2D eigenvalue weighted by Gasteiger charge is 2.10. The number of rotatable bonds is 2. The zero-order chi connectivity index (χ0) is 15.0. The van der Waals surface area contributed by atoms with E-state index in [4.69, 9.17) is 23.2 Å². The fraction of sp³-hybridized carbons (Fsp3) is 0.118. The molecule has 0 fully saturated rings. The van der Waals surface area contributed by atoms with Crippen LogP contribution in [0.15, 0.2) is 42.5 Å². The maximum Gasteiger partial charge on any atom is 0.0955 e. The van der Waals surface area contributed by atoms with Gasteiger partial charge < -0.3 is 5.32 Å². The second kappa shape index (κ2) is 5.55. The van der Waals surface area contributed by atoms with Crippen molar-refractivity contribution >= 4 is 45.5 Å². The number of halogens is 2. The molecule has 106 valence electrons. The summed E-state index contributed by atoms with van der Waals surface area (Å²) in [7, 11) is 0. The molecule has 0 aliphatic carbocycles. The van der Waals surface area contributed by atoms with Crippen LogP contribution in [0.4, 0.5) is 11.4 Å². The molecule has 0 bridgehead atoms. The van der Waals surface area contributed by atoms with Gasteiger partial charge in [0.25, 0.3) is 0 Å². The van der Waals surface area contributed by atoms with Crippen LogP contribution >= 0.6 is 23.2 Å². The van der Waals surface area contributed by atoms with Crippen LogP contribution in [0, 0.1) is 13.8 Å². The van der Waals surface area contributed by atoms with Gasteiger partial charge in [0.1, 0.15) is 0 Å². The number of benzene rings is 2. The summed E-state index contributed by atoms with van der Waals surface area (Å²) in [5, 5.41) is 5.76. The van der Waals surface area contributed by atoms with Crippen molar-refractivity contribution in [1.82, 2.24) is 4.98 Å². The smallest absolute Gasteiger partial charge is 0.0955 e. The minimum absolute atomic E-state index is 0.693. The molecule has 0 saturated carbocycles. The largest absolute Gasteiger partial charge is 0.354 e. The van der Waals surface area contributed by atoms with Gasteiger partial charge in [0.2, 0.25) is 0 Å². The zero-order valence-electron chi connectivity index (χ0n) is 11.7. The minimum atomic E-state index is 0.693. The van der Waals surface area contributed by atoms with E-state index in [9.17, 15) is 0 Å². The molecule has 0 aliphatic rings. The Labute approximate surface area is 133 Å². The van der Waals surface area contributed by atoms with E-state index >= 15 is 0 Å². The molecule has 1 heterocycles. The third kappa shape index (κ3) is 2.69. The molecule has 3 rings (SSSR count). The monoisotopic (exact) mass is 316 g/mol. The van der Waals surface area contributed by atoms with Crippen molar-refractivity contribution in [3.05, 3.63) is 63.8 Å². The summed E-state index contributed by atoms with van der Waals surface area (Å²) in [6.07, 6.45) is 0. The van der Waals surface area contributed by atoms with Crippen LogP contribution in [-0.2, 0) is 0 Å². The van der Waals surface area contributed by atoms with E-state index in [1.807, 2.05) is 56.3 Å². The normalized spacial score (nSPS) is 10.9. The summed E-state index contributed by atoms with van der Waals surface area (Å²) in [5.74, 6) is 0. The Hall–Kier alpha value is -1.77. The van der Waals surface area contributed by atoms with E-state index in [0.29, 0.717) is 5.02 Å². The SMILES string of the molecule is Cc1nc2c(Nc3cccc(Cl)c3)cccc2c(Cl)c1C. The van der Waals surface area contributed by atoms with E-state index < -0.39 is 0 Å². The van der Waals surface area contributed by atoms with E-state index in [0.717, 1.165) is 38.6 Å². The summed E-state index contributed by atoms with van der Waals surface area (Å²) < 4.78 is 0. The van der Waals surface area contributed by atoms with Gasteiger partial charge >= 0.3 is 0 Å². The number of aryl methyl sites for hydroxylation is 1. The molecule has 1 N–H and O–H groups in total. The standard InChI is InChI=1S/C17H14Cl2N2/c1-10-11(2)20-17-14(16(10)19)7-4-8-15(17)21-13-6-3-5-12(18)9-13/h3-9,21H,1-2H3. The van der Waals surface area contributed by atoms with Crippen LogP contribution in [0.5, 0.6) is 0 Å². The average Bonchev–Trinajstić information content (AvgIpc) is 2.46. The Morgan fingerprint density at radius 1 is 1.00 bits per heavy atom. The second-order valence-electron chi connectivity index (χ2n) is 4.97. The molecule has 0 spiro atoms. The molecule has 2 aromatic carbocycles. The number of aromatic nitrogens is 1. The number of hydrogen-bond donors (Lipinski definition) is 1. The van der Waals surface area contributed by atoms with Crippen molar-refractivity contribution in [2.75, 3.05) is 5.32 Å². The fourth-order valence-electron chi connectivity index (χ4n) is 2.28. The Balaban J connectivity index is 2.15. The zero-order valence-corrected chi connectivity index (χ0v) is 13.3. The van der Waals surface area contributed by atoms with Crippen LogP contribution in [0.25, 0.3) is 10.9 Å². The first-order chi connectivity index (χ1) is 10.1. The Bertz CT molecular complexity index is 828. The molecule has 3 aromatic rings. The van der Waals surface area contributed by atoms with Crippen LogP contribution in [-0.4, -0.2) is 4.98 Å². The summed E-state index contributed by atoms with van der Waals surface area (Å²) in [5.41, 5.74) is 4.66. The van der Waals surface area contributed by atoms with Crippen molar-refractivity contribution in [2.24, 2.45) is 0 Å². The van der Waals surface area contributed by atoms with Gasteiger partial charge in [0.15, 0.2) is 0 Å². The van der Waals surface area contributed by atoms with Crippen molar-refractivity contribution in [3.63, 3.8) is 0 Å². The van der Waals surface area contributed by atoms with Crippen LogP contribution in [0.1, 0.15) is 11.3 Å². The predicted molar refractivity (Wildman–Crippen MR) is 91.0 cm³/mol. The Kier molecular flexibility index (Phi) is 3.75. The van der Waals surface area contributed by atoms with Gasteiger partial charge in [0, 0.05) is 21.8 Å². The fourth-order valence-corrected chi connectivity index (χ4v) is 2.76. The van der Waals surface area contributed by atoms with Gasteiger partial charge in [-0.1, -0.05) is 41.4 Å². The molecule has 0 saturated heterocycles. The van der Waals surface area contributed by atoms with Crippen molar-refractivity contribution in [1.29, 1.82) is 0 Å². The van der Waals surface area contributed by atoms with Crippen LogP contribution < -0.4 is 5.32 Å². The molecule has 1 aromatic heterocycles. The predicted octanol–water partition coefficient (Wildman–Crippen LogP) is 5.90. The molecule has 4 heteroatoms. The van der Waals surface area contributed by atoms with Crippen LogP contribution in [0.3, 0.4) is 0 Å². The molecule has 2 nitrogen and oxygen atoms in total. The summed E-state index contributed by atoms with van der Waals surface area (Å²) in [4.78, 5) is 4.67. The quantitative estimate of drug-likeness (QED) is 0.636. The van der Waals surface area contributed by atoms with Gasteiger partial charge in [-0.15, -0.1) is 0 Å². The summed E-state index contributed by atoms with van der Waals surface area (Å²) in [6.45, 7) is 3.96. The lowest BCUT2D eigenvalue weighted by molar-refractivity contribution is 1.20. The first-order valence-electron chi connectivity index (χ1n) is 6.64. The number of fused-ring (bicyclic) bond motifs is 1. The molecule has 0 atom stereocenters. The molecule has 0 aliphatic heterocycles. The number of hydrogen-bond acceptors (Lipinski definition) is 2. The van der Waals surface area contributed by atoms with Gasteiger partial charge in [-0.25, -0.2) is 0 Å². The van der Waals surface area contributed by atoms with Crippen LogP contribution in [0.2, 0.25) is 10.0 Å². The van der Waals surface area contributed by atoms with Gasteiger partial charge in [-0.2, -0.15) is 0 Å². The van der Waals surface area contributed by atoms with E-state index in [2.05, 4.69) is 10.3 Å². The molecule has 21 heavy (non-hydrogen) atoms. The van der Waals surface area contributed by atoms with Crippen molar-refractivity contribution < 1.29 is 0 Å². The topological polar surface area (TPSA) is 24.9 Å². The summed E-state index contributed by atoms with van der Waals surface area (Å²) >= 11 is 12.5. The molecular weight excluding hydrogens is 303 g/mol. The van der Waals surface area contributed by atoms with E-state index in [-0.39, 0.29) is 0 Å². The molecule has 0 amide bonds. The number of pyridine rings is 1. The van der Waals surface area contributed by atoms with Crippen molar-refractivity contribution in [3.8, 4) is 0 Å². The third-order valence-electron chi connectivity index (χ3n) is 3.53. The molecular formula is C17H14Cl2N2. The Morgan fingerprint density at radius 3 is 2.52 bits per heavy atom. The van der Waals surface area contributed by atoms with E-state index in [1.165, 1.54) is 0 Å².